The van der Waals surface area contributed by atoms with Gasteiger partial charge < -0.3 is 15.3 Å². The molecule has 1 amide bonds. The first-order valence-electron chi connectivity index (χ1n) is 11.9. The molecule has 9 heteroatoms. The monoisotopic (exact) mass is 483 g/mol. The fourth-order valence-corrected chi connectivity index (χ4v) is 5.57. The Morgan fingerprint density at radius 1 is 1.03 bits per heavy atom. The Hall–Kier alpha value is -2.29. The Morgan fingerprint density at radius 2 is 1.59 bits per heavy atom. The molecule has 0 radical (unpaired) electrons. The lowest BCUT2D eigenvalue weighted by atomic mass is 10.0. The zero-order valence-corrected chi connectivity index (χ0v) is 20.6. The number of hydrogen-bond acceptors (Lipinski definition) is 4. The molecular formula is C25H36F3N3O3. The lowest BCUT2D eigenvalue weighted by molar-refractivity contribution is -0.192. The van der Waals surface area contributed by atoms with Crippen LogP contribution in [0.25, 0.3) is 0 Å². The van der Waals surface area contributed by atoms with Crippen molar-refractivity contribution in [3.63, 3.8) is 0 Å². The molecule has 34 heavy (non-hydrogen) atoms. The molecule has 4 rings (SSSR count). The third kappa shape index (κ3) is 5.34. The van der Waals surface area contributed by atoms with Crippen molar-refractivity contribution in [1.82, 2.24) is 4.90 Å². The standard InChI is InChI=1S/C23H35N3O.C2HF3O2/c1-16-7-6-13-26(16)19-12-14-25(15-19)18-10-8-17(9-11-18)24-21(27)20-22(2,3)23(20,4)5;3-2(4,5)1(6)7/h8-11,16,19-20H,6-7,12-15H2,1-5H3,(H,24,27);(H,6,7). The molecule has 0 spiro atoms. The predicted molar refractivity (Wildman–Crippen MR) is 126 cm³/mol. The van der Waals surface area contributed by atoms with Crippen LogP contribution in [0.3, 0.4) is 0 Å². The number of nitrogens with one attached hydrogen (secondary N) is 1. The number of amides is 1. The fourth-order valence-electron chi connectivity index (χ4n) is 5.57. The summed E-state index contributed by atoms with van der Waals surface area (Å²) in [4.78, 5) is 26.7. The number of hydrogen-bond donors (Lipinski definition) is 2. The third-order valence-corrected chi connectivity index (χ3v) is 8.26. The van der Waals surface area contributed by atoms with Crippen LogP contribution in [0.4, 0.5) is 24.5 Å². The number of carboxylic acids is 1. The number of carboxylic acid groups (broad SMARTS) is 1. The quantitative estimate of drug-likeness (QED) is 0.630. The minimum absolute atomic E-state index is 0.0777. The van der Waals surface area contributed by atoms with Crippen molar-refractivity contribution < 1.29 is 27.9 Å². The summed E-state index contributed by atoms with van der Waals surface area (Å²) in [5.41, 5.74) is 2.34. The van der Waals surface area contributed by atoms with Crippen LogP contribution in [-0.4, -0.2) is 59.8 Å². The maximum Gasteiger partial charge on any atom is 0.490 e. The van der Waals surface area contributed by atoms with Crippen LogP contribution < -0.4 is 10.2 Å². The molecule has 1 aromatic carbocycles. The van der Waals surface area contributed by atoms with Gasteiger partial charge in [-0.1, -0.05) is 27.7 Å². The minimum Gasteiger partial charge on any atom is -0.475 e. The topological polar surface area (TPSA) is 72.9 Å². The maximum atomic E-state index is 12.6. The van der Waals surface area contributed by atoms with Gasteiger partial charge in [0.05, 0.1) is 0 Å². The number of aliphatic carboxylic acids is 1. The molecule has 1 saturated carbocycles. The van der Waals surface area contributed by atoms with Crippen LogP contribution >= 0.6 is 0 Å². The Labute approximate surface area is 199 Å². The smallest absolute Gasteiger partial charge is 0.475 e. The van der Waals surface area contributed by atoms with Gasteiger partial charge in [-0.05, 0) is 67.8 Å². The van der Waals surface area contributed by atoms with Gasteiger partial charge in [0.2, 0.25) is 5.91 Å². The second-order valence-electron chi connectivity index (χ2n) is 10.8. The molecule has 190 valence electrons. The Morgan fingerprint density at radius 3 is 2.03 bits per heavy atom. The summed E-state index contributed by atoms with van der Waals surface area (Å²) in [7, 11) is 0. The van der Waals surface area contributed by atoms with Gasteiger partial charge in [-0.3, -0.25) is 9.69 Å². The molecule has 0 aromatic heterocycles. The van der Waals surface area contributed by atoms with Gasteiger partial charge >= 0.3 is 12.1 Å². The van der Waals surface area contributed by atoms with Crippen molar-refractivity contribution in [2.45, 2.75) is 72.1 Å². The fraction of sp³-hybridized carbons (Fsp3) is 0.680. The van der Waals surface area contributed by atoms with E-state index in [2.05, 4.69) is 74.0 Å². The molecule has 1 aliphatic carbocycles. The van der Waals surface area contributed by atoms with Gasteiger partial charge in [-0.25, -0.2) is 4.79 Å². The van der Waals surface area contributed by atoms with Crippen LogP contribution in [0.2, 0.25) is 0 Å². The molecule has 2 atom stereocenters. The Bertz CT molecular complexity index is 885. The third-order valence-electron chi connectivity index (χ3n) is 8.26. The van der Waals surface area contributed by atoms with Gasteiger partial charge in [0.15, 0.2) is 0 Å². The second kappa shape index (κ2) is 9.40. The van der Waals surface area contributed by atoms with E-state index in [1.807, 2.05) is 0 Å². The minimum atomic E-state index is -5.08. The summed E-state index contributed by atoms with van der Waals surface area (Å²) < 4.78 is 31.7. The number of halogens is 3. The summed E-state index contributed by atoms with van der Waals surface area (Å²) in [5, 5.41) is 10.3. The lowest BCUT2D eigenvalue weighted by Crippen LogP contribution is -2.39. The van der Waals surface area contributed by atoms with E-state index in [4.69, 9.17) is 9.90 Å². The highest BCUT2D eigenvalue weighted by Crippen LogP contribution is 2.68. The van der Waals surface area contributed by atoms with Gasteiger partial charge in [0.25, 0.3) is 0 Å². The molecule has 0 bridgehead atoms. The molecule has 2 saturated heterocycles. The summed E-state index contributed by atoms with van der Waals surface area (Å²) >= 11 is 0. The van der Waals surface area contributed by atoms with Crippen LogP contribution in [-0.2, 0) is 9.59 Å². The first-order valence-corrected chi connectivity index (χ1v) is 11.9. The predicted octanol–water partition coefficient (Wildman–Crippen LogP) is 5.00. The molecular weight excluding hydrogens is 447 g/mol. The number of likely N-dealkylation sites (tertiary alicyclic amines) is 1. The summed E-state index contributed by atoms with van der Waals surface area (Å²) in [6.07, 6.45) is -1.13. The number of alkyl halides is 3. The average Bonchev–Trinajstić information content (AvgIpc) is 3.19. The molecule has 3 aliphatic rings. The van der Waals surface area contributed by atoms with Crippen LogP contribution in [0.15, 0.2) is 24.3 Å². The van der Waals surface area contributed by atoms with E-state index in [1.165, 1.54) is 31.5 Å². The van der Waals surface area contributed by atoms with Crippen molar-refractivity contribution in [1.29, 1.82) is 0 Å². The van der Waals surface area contributed by atoms with E-state index in [0.717, 1.165) is 24.8 Å². The maximum absolute atomic E-state index is 12.6. The van der Waals surface area contributed by atoms with Crippen molar-refractivity contribution >= 4 is 23.3 Å². The Kier molecular flexibility index (Phi) is 7.27. The van der Waals surface area contributed by atoms with Gasteiger partial charge in [-0.2, -0.15) is 13.2 Å². The summed E-state index contributed by atoms with van der Waals surface area (Å²) in [6, 6.07) is 9.87. The number of carbonyl (C=O) groups excluding carboxylic acids is 1. The molecule has 3 fully saturated rings. The van der Waals surface area contributed by atoms with Crippen molar-refractivity contribution in [3.05, 3.63) is 24.3 Å². The summed E-state index contributed by atoms with van der Waals surface area (Å²) in [5.74, 6) is -2.51. The zero-order valence-electron chi connectivity index (χ0n) is 20.6. The lowest BCUT2D eigenvalue weighted by Gasteiger charge is -2.28. The second-order valence-corrected chi connectivity index (χ2v) is 10.8. The molecule has 1 aromatic rings. The number of nitrogens with zero attached hydrogens (tertiary/aromatic N) is 2. The average molecular weight is 484 g/mol. The molecule has 2 unspecified atom stereocenters. The van der Waals surface area contributed by atoms with E-state index in [9.17, 15) is 18.0 Å². The highest BCUT2D eigenvalue weighted by Gasteiger charge is 2.68. The van der Waals surface area contributed by atoms with Crippen LogP contribution in [0.5, 0.6) is 0 Å². The molecule has 6 nitrogen and oxygen atoms in total. The van der Waals surface area contributed by atoms with Gasteiger partial charge in [0.1, 0.15) is 0 Å². The largest absolute Gasteiger partial charge is 0.490 e. The molecule has 2 heterocycles. The van der Waals surface area contributed by atoms with Gasteiger partial charge in [-0.15, -0.1) is 0 Å². The van der Waals surface area contributed by atoms with E-state index in [-0.39, 0.29) is 22.7 Å². The zero-order chi connectivity index (χ0) is 25.5. The van der Waals surface area contributed by atoms with E-state index in [1.54, 1.807) is 0 Å². The first kappa shape index (κ1) is 26.3. The van der Waals surface area contributed by atoms with E-state index < -0.39 is 12.1 Å². The van der Waals surface area contributed by atoms with Crippen molar-refractivity contribution in [2.24, 2.45) is 16.7 Å². The number of carbonyl (C=O) groups is 2. The number of benzene rings is 1. The summed E-state index contributed by atoms with van der Waals surface area (Å²) in [6.45, 7) is 14.6. The SMILES string of the molecule is CC1CCCN1C1CCN(c2ccc(NC(=O)C3C(C)(C)C3(C)C)cc2)C1.O=C(O)C(F)(F)F. The van der Waals surface area contributed by atoms with Crippen LogP contribution in [0.1, 0.15) is 53.9 Å². The molecule has 2 N–H and O–H groups in total. The van der Waals surface area contributed by atoms with E-state index in [0.29, 0.717) is 6.04 Å². The normalized spacial score (nSPS) is 26.1. The number of rotatable bonds is 4. The van der Waals surface area contributed by atoms with Crippen molar-refractivity contribution in [3.8, 4) is 0 Å². The van der Waals surface area contributed by atoms with Crippen molar-refractivity contribution in [2.75, 3.05) is 29.9 Å². The highest BCUT2D eigenvalue weighted by molar-refractivity contribution is 5.96. The highest BCUT2D eigenvalue weighted by atomic mass is 19.4. The first-order chi connectivity index (χ1) is 15.7. The van der Waals surface area contributed by atoms with E-state index >= 15 is 0 Å². The molecule has 2 aliphatic heterocycles. The van der Waals surface area contributed by atoms with Crippen LogP contribution in [0, 0.1) is 16.7 Å². The Balaban J connectivity index is 0.000000406. The number of anilines is 2. The van der Waals surface area contributed by atoms with Gasteiger partial charge in [0, 0.05) is 42.5 Å².